The number of hydrogen-bond donors (Lipinski definition) is 1. The summed E-state index contributed by atoms with van der Waals surface area (Å²) in [6.07, 6.45) is 0.713. The van der Waals surface area contributed by atoms with Crippen LogP contribution in [0.5, 0.6) is 0 Å². The van der Waals surface area contributed by atoms with Crippen LogP contribution in [0.1, 0.15) is 37.3 Å². The van der Waals surface area contributed by atoms with Crippen LogP contribution in [-0.2, 0) is 15.0 Å². The smallest absolute Gasteiger partial charge is 0.274 e. The zero-order valence-electron chi connectivity index (χ0n) is 12.7. The number of carbonyl (C=O) groups excluding carboxylic acids is 1. The minimum absolute atomic E-state index is 0.137. The van der Waals surface area contributed by atoms with Crippen LogP contribution in [0.2, 0.25) is 0 Å². The summed E-state index contributed by atoms with van der Waals surface area (Å²) >= 11 is 0. The van der Waals surface area contributed by atoms with E-state index in [2.05, 4.69) is 4.72 Å². The van der Waals surface area contributed by atoms with Gasteiger partial charge >= 0.3 is 10.2 Å². The molecule has 0 heterocycles. The SMILES string of the molecule is CCN(CC)S(=O)(=O)NC(=O)[C@H]1C[C@@H]1c1ccccc1C. The molecule has 0 bridgehead atoms. The topological polar surface area (TPSA) is 66.5 Å². The monoisotopic (exact) mass is 310 g/mol. The molecule has 0 aromatic heterocycles. The maximum absolute atomic E-state index is 12.1. The Kier molecular flexibility index (Phi) is 4.68. The van der Waals surface area contributed by atoms with Gasteiger partial charge in [0.1, 0.15) is 0 Å². The number of hydrogen-bond acceptors (Lipinski definition) is 3. The minimum atomic E-state index is -3.71. The largest absolute Gasteiger partial charge is 0.303 e. The van der Waals surface area contributed by atoms with Crippen molar-refractivity contribution >= 4 is 16.1 Å². The molecule has 6 heteroatoms. The van der Waals surface area contributed by atoms with Gasteiger partial charge in [-0.05, 0) is 30.4 Å². The second-order valence-corrected chi connectivity index (χ2v) is 7.03. The van der Waals surface area contributed by atoms with Crippen LogP contribution < -0.4 is 4.72 Å². The molecule has 21 heavy (non-hydrogen) atoms. The van der Waals surface area contributed by atoms with Crippen LogP contribution >= 0.6 is 0 Å². The standard InChI is InChI=1S/C15H22N2O3S/c1-4-17(5-2)21(19,20)16-15(18)14-10-13(14)12-9-7-6-8-11(12)3/h6-9,13-14H,4-5,10H2,1-3H3,(H,16,18)/t13-,14+/m1/s1. The molecule has 0 spiro atoms. The molecule has 1 aromatic rings. The molecular weight excluding hydrogens is 288 g/mol. The summed E-state index contributed by atoms with van der Waals surface area (Å²) in [6.45, 7) is 6.21. The van der Waals surface area contributed by atoms with Crippen LogP contribution in [0, 0.1) is 12.8 Å². The number of benzene rings is 1. The molecule has 1 amide bonds. The highest BCUT2D eigenvalue weighted by atomic mass is 32.2. The fourth-order valence-electron chi connectivity index (χ4n) is 2.66. The van der Waals surface area contributed by atoms with Gasteiger partial charge in [0.25, 0.3) is 0 Å². The Bertz CT molecular complexity index is 624. The zero-order chi connectivity index (χ0) is 15.6. The molecule has 0 unspecified atom stereocenters. The molecule has 1 fully saturated rings. The van der Waals surface area contributed by atoms with Gasteiger partial charge in [0.2, 0.25) is 5.91 Å². The van der Waals surface area contributed by atoms with Crippen LogP contribution in [-0.4, -0.2) is 31.7 Å². The lowest BCUT2D eigenvalue weighted by atomic mass is 10.0. The van der Waals surface area contributed by atoms with Crippen molar-refractivity contribution in [2.45, 2.75) is 33.1 Å². The third-order valence-electron chi connectivity index (χ3n) is 3.99. The van der Waals surface area contributed by atoms with Crippen molar-refractivity contribution in [3.63, 3.8) is 0 Å². The summed E-state index contributed by atoms with van der Waals surface area (Å²) in [4.78, 5) is 12.1. The average molecular weight is 310 g/mol. The van der Waals surface area contributed by atoms with E-state index >= 15 is 0 Å². The molecule has 1 N–H and O–H groups in total. The predicted octanol–water partition coefficient (Wildman–Crippen LogP) is 1.80. The first kappa shape index (κ1) is 16.0. The van der Waals surface area contributed by atoms with E-state index in [9.17, 15) is 13.2 Å². The molecule has 0 radical (unpaired) electrons. The lowest BCUT2D eigenvalue weighted by Crippen LogP contribution is -2.44. The number of aryl methyl sites for hydroxylation is 1. The molecule has 2 rings (SSSR count). The number of carbonyl (C=O) groups is 1. The lowest BCUT2D eigenvalue weighted by molar-refractivity contribution is -0.120. The van der Waals surface area contributed by atoms with Gasteiger partial charge in [-0.3, -0.25) is 4.79 Å². The maximum atomic E-state index is 12.1. The van der Waals surface area contributed by atoms with E-state index in [0.29, 0.717) is 19.5 Å². The quantitative estimate of drug-likeness (QED) is 0.871. The molecule has 1 aliphatic rings. The van der Waals surface area contributed by atoms with Gasteiger partial charge < -0.3 is 0 Å². The van der Waals surface area contributed by atoms with E-state index in [1.165, 1.54) is 4.31 Å². The Morgan fingerprint density at radius 1 is 1.29 bits per heavy atom. The Hall–Kier alpha value is -1.40. The van der Waals surface area contributed by atoms with Crippen molar-refractivity contribution in [1.82, 2.24) is 9.03 Å². The predicted molar refractivity (Wildman–Crippen MR) is 82.0 cm³/mol. The Labute approximate surface area is 126 Å². The molecule has 2 atom stereocenters. The normalized spacial score (nSPS) is 21.3. The van der Waals surface area contributed by atoms with Gasteiger partial charge in [0.15, 0.2) is 0 Å². The molecular formula is C15H22N2O3S. The summed E-state index contributed by atoms with van der Waals surface area (Å²) < 4.78 is 27.5. The second kappa shape index (κ2) is 6.15. The Morgan fingerprint density at radius 2 is 1.90 bits per heavy atom. The third kappa shape index (κ3) is 3.44. The minimum Gasteiger partial charge on any atom is -0.274 e. The van der Waals surface area contributed by atoms with E-state index in [0.717, 1.165) is 11.1 Å². The van der Waals surface area contributed by atoms with E-state index in [1.54, 1.807) is 13.8 Å². The first-order valence-corrected chi connectivity index (χ1v) is 8.72. The van der Waals surface area contributed by atoms with Gasteiger partial charge in [-0.15, -0.1) is 0 Å². The first-order chi connectivity index (χ1) is 9.90. The maximum Gasteiger partial charge on any atom is 0.303 e. The van der Waals surface area contributed by atoms with Gasteiger partial charge in [0.05, 0.1) is 0 Å². The van der Waals surface area contributed by atoms with Crippen LogP contribution in [0.25, 0.3) is 0 Å². The van der Waals surface area contributed by atoms with E-state index in [4.69, 9.17) is 0 Å². The molecule has 0 saturated heterocycles. The third-order valence-corrected chi connectivity index (χ3v) is 5.65. The Balaban J connectivity index is 2.03. The second-order valence-electron chi connectivity index (χ2n) is 5.36. The molecule has 1 aromatic carbocycles. The summed E-state index contributed by atoms with van der Waals surface area (Å²) in [7, 11) is -3.71. The summed E-state index contributed by atoms with van der Waals surface area (Å²) in [5.41, 5.74) is 2.28. The van der Waals surface area contributed by atoms with Crippen LogP contribution in [0.3, 0.4) is 0 Å². The van der Waals surface area contributed by atoms with Gasteiger partial charge in [-0.1, -0.05) is 38.1 Å². The van der Waals surface area contributed by atoms with Crippen molar-refractivity contribution in [2.24, 2.45) is 5.92 Å². The summed E-state index contributed by atoms with van der Waals surface area (Å²) in [5.74, 6) is -0.496. The van der Waals surface area contributed by atoms with Crippen molar-refractivity contribution in [1.29, 1.82) is 0 Å². The highest BCUT2D eigenvalue weighted by Gasteiger charge is 2.45. The lowest BCUT2D eigenvalue weighted by Gasteiger charge is -2.18. The Morgan fingerprint density at radius 3 is 2.48 bits per heavy atom. The molecule has 1 saturated carbocycles. The summed E-state index contributed by atoms with van der Waals surface area (Å²) in [6, 6.07) is 7.92. The highest BCUT2D eigenvalue weighted by molar-refractivity contribution is 7.87. The average Bonchev–Trinajstić information content (AvgIpc) is 3.20. The van der Waals surface area contributed by atoms with Crippen LogP contribution in [0.4, 0.5) is 0 Å². The summed E-state index contributed by atoms with van der Waals surface area (Å²) in [5, 5.41) is 0. The molecule has 5 nitrogen and oxygen atoms in total. The van der Waals surface area contributed by atoms with Crippen molar-refractivity contribution < 1.29 is 13.2 Å². The first-order valence-electron chi connectivity index (χ1n) is 7.28. The van der Waals surface area contributed by atoms with E-state index < -0.39 is 16.1 Å². The molecule has 1 aliphatic carbocycles. The van der Waals surface area contributed by atoms with Crippen LogP contribution in [0.15, 0.2) is 24.3 Å². The fraction of sp³-hybridized carbons (Fsp3) is 0.533. The molecule has 0 aliphatic heterocycles. The number of amides is 1. The van der Waals surface area contributed by atoms with Gasteiger partial charge in [-0.25, -0.2) is 4.72 Å². The fourth-order valence-corrected chi connectivity index (χ4v) is 3.88. The van der Waals surface area contributed by atoms with Gasteiger partial charge in [0, 0.05) is 19.0 Å². The zero-order valence-corrected chi connectivity index (χ0v) is 13.5. The van der Waals surface area contributed by atoms with Gasteiger partial charge in [-0.2, -0.15) is 12.7 Å². The van der Waals surface area contributed by atoms with Crippen molar-refractivity contribution in [3.05, 3.63) is 35.4 Å². The number of nitrogens with one attached hydrogen (secondary N) is 1. The van der Waals surface area contributed by atoms with E-state index in [1.807, 2.05) is 31.2 Å². The van der Waals surface area contributed by atoms with E-state index in [-0.39, 0.29) is 11.8 Å². The van der Waals surface area contributed by atoms with Crippen molar-refractivity contribution in [3.8, 4) is 0 Å². The number of nitrogens with zero attached hydrogens (tertiary/aromatic N) is 1. The number of rotatable bonds is 6. The highest BCUT2D eigenvalue weighted by Crippen LogP contribution is 2.48. The van der Waals surface area contributed by atoms with Crippen molar-refractivity contribution in [2.75, 3.05) is 13.1 Å². The molecule has 116 valence electrons.